The first kappa shape index (κ1) is 13.9. The van der Waals surface area contributed by atoms with Gasteiger partial charge in [0.05, 0.1) is 18.0 Å². The van der Waals surface area contributed by atoms with E-state index < -0.39 is 0 Å². The molecule has 1 atom stereocenters. The first-order chi connectivity index (χ1) is 8.02. The maximum Gasteiger partial charge on any atom is 0.224 e. The van der Waals surface area contributed by atoms with Crippen molar-refractivity contribution in [2.45, 2.75) is 32.8 Å². The fraction of sp³-hybridized carbons (Fsp3) is 0.500. The Balaban J connectivity index is 2.48. The van der Waals surface area contributed by atoms with Crippen molar-refractivity contribution in [1.29, 1.82) is 0 Å². The highest BCUT2D eigenvalue weighted by Crippen LogP contribution is 2.16. The molecule has 0 fully saturated rings. The van der Waals surface area contributed by atoms with Crippen molar-refractivity contribution in [2.75, 3.05) is 12.4 Å². The molecule has 17 heavy (non-hydrogen) atoms. The van der Waals surface area contributed by atoms with E-state index in [1.165, 1.54) is 0 Å². The summed E-state index contributed by atoms with van der Waals surface area (Å²) < 4.78 is 5.08. The van der Waals surface area contributed by atoms with Crippen molar-refractivity contribution in [3.8, 4) is 0 Å². The predicted molar refractivity (Wildman–Crippen MR) is 68.3 cm³/mol. The average molecular weight is 257 g/mol. The Labute approximate surface area is 106 Å². The predicted octanol–water partition coefficient (Wildman–Crippen LogP) is 2.80. The SMILES string of the molecule is COC(C)CCC(=O)Nc1cnc(Cl)c(C)c1. The smallest absolute Gasteiger partial charge is 0.224 e. The summed E-state index contributed by atoms with van der Waals surface area (Å²) in [5.41, 5.74) is 1.51. The van der Waals surface area contributed by atoms with Gasteiger partial charge in [-0.3, -0.25) is 4.79 Å². The normalized spacial score (nSPS) is 12.2. The number of ether oxygens (including phenoxy) is 1. The molecule has 0 radical (unpaired) electrons. The molecule has 0 saturated carbocycles. The number of carbonyl (C=O) groups is 1. The van der Waals surface area contributed by atoms with Gasteiger partial charge in [-0.2, -0.15) is 0 Å². The molecule has 5 heteroatoms. The second kappa shape index (κ2) is 6.57. The lowest BCUT2D eigenvalue weighted by atomic mass is 10.2. The van der Waals surface area contributed by atoms with E-state index in [-0.39, 0.29) is 12.0 Å². The molecule has 0 spiro atoms. The van der Waals surface area contributed by atoms with Crippen molar-refractivity contribution in [1.82, 2.24) is 4.98 Å². The number of hydrogen-bond donors (Lipinski definition) is 1. The lowest BCUT2D eigenvalue weighted by Crippen LogP contribution is -2.15. The number of nitrogens with zero attached hydrogens (tertiary/aromatic N) is 1. The third-order valence-corrected chi connectivity index (χ3v) is 2.87. The molecular weight excluding hydrogens is 240 g/mol. The Morgan fingerprint density at radius 3 is 2.94 bits per heavy atom. The highest BCUT2D eigenvalue weighted by atomic mass is 35.5. The van der Waals surface area contributed by atoms with Gasteiger partial charge in [-0.25, -0.2) is 4.98 Å². The summed E-state index contributed by atoms with van der Waals surface area (Å²) in [6, 6.07) is 1.80. The number of anilines is 1. The van der Waals surface area contributed by atoms with Gasteiger partial charge >= 0.3 is 0 Å². The van der Waals surface area contributed by atoms with Gasteiger partial charge in [0.25, 0.3) is 0 Å². The maximum atomic E-state index is 11.6. The Kier molecular flexibility index (Phi) is 5.38. The number of nitrogens with one attached hydrogen (secondary N) is 1. The van der Waals surface area contributed by atoms with Crippen molar-refractivity contribution in [3.63, 3.8) is 0 Å². The third-order valence-electron chi connectivity index (χ3n) is 2.48. The molecule has 1 aromatic rings. The van der Waals surface area contributed by atoms with Crippen molar-refractivity contribution in [3.05, 3.63) is 23.0 Å². The van der Waals surface area contributed by atoms with Crippen LogP contribution in [0.1, 0.15) is 25.3 Å². The monoisotopic (exact) mass is 256 g/mol. The van der Waals surface area contributed by atoms with Gasteiger partial charge in [-0.15, -0.1) is 0 Å². The lowest BCUT2D eigenvalue weighted by molar-refractivity contribution is -0.116. The summed E-state index contributed by atoms with van der Waals surface area (Å²) >= 11 is 5.80. The fourth-order valence-electron chi connectivity index (χ4n) is 1.30. The van der Waals surface area contributed by atoms with E-state index in [0.717, 1.165) is 5.56 Å². The quantitative estimate of drug-likeness (QED) is 0.825. The van der Waals surface area contributed by atoms with Gasteiger partial charge in [-0.05, 0) is 31.9 Å². The minimum atomic E-state index is -0.0441. The molecule has 0 bridgehead atoms. The van der Waals surface area contributed by atoms with E-state index in [4.69, 9.17) is 16.3 Å². The second-order valence-electron chi connectivity index (χ2n) is 3.96. The van der Waals surface area contributed by atoms with Crippen LogP contribution in [0.15, 0.2) is 12.3 Å². The fourth-order valence-corrected chi connectivity index (χ4v) is 1.41. The molecule has 1 N–H and O–H groups in total. The molecule has 1 rings (SSSR count). The van der Waals surface area contributed by atoms with Crippen LogP contribution in [0.5, 0.6) is 0 Å². The minimum absolute atomic E-state index is 0.0441. The van der Waals surface area contributed by atoms with E-state index in [1.54, 1.807) is 19.4 Å². The molecule has 4 nitrogen and oxygen atoms in total. The first-order valence-electron chi connectivity index (χ1n) is 5.47. The first-order valence-corrected chi connectivity index (χ1v) is 5.85. The van der Waals surface area contributed by atoms with Crippen LogP contribution in [-0.4, -0.2) is 24.1 Å². The summed E-state index contributed by atoms with van der Waals surface area (Å²) in [6.45, 7) is 3.78. The summed E-state index contributed by atoms with van der Waals surface area (Å²) in [6.07, 6.45) is 2.76. The van der Waals surface area contributed by atoms with E-state index in [9.17, 15) is 4.79 Å². The number of pyridine rings is 1. The van der Waals surface area contributed by atoms with Crippen LogP contribution in [0.3, 0.4) is 0 Å². The zero-order valence-electron chi connectivity index (χ0n) is 10.3. The third kappa shape index (κ3) is 4.71. The Hall–Kier alpha value is -1.13. The van der Waals surface area contributed by atoms with Crippen LogP contribution in [0.25, 0.3) is 0 Å². The number of aryl methyl sites for hydroxylation is 1. The highest BCUT2D eigenvalue weighted by molar-refractivity contribution is 6.30. The molecule has 1 unspecified atom stereocenters. The van der Waals surface area contributed by atoms with Crippen LogP contribution in [0, 0.1) is 6.92 Å². The van der Waals surface area contributed by atoms with Crippen LogP contribution in [0.4, 0.5) is 5.69 Å². The topological polar surface area (TPSA) is 51.2 Å². The average Bonchev–Trinajstić information content (AvgIpc) is 2.31. The number of aromatic nitrogens is 1. The number of hydrogen-bond acceptors (Lipinski definition) is 3. The molecule has 0 aliphatic carbocycles. The number of carbonyl (C=O) groups excluding carboxylic acids is 1. The lowest BCUT2D eigenvalue weighted by Gasteiger charge is -2.09. The molecule has 1 aromatic heterocycles. The van der Waals surface area contributed by atoms with E-state index in [2.05, 4.69) is 10.3 Å². The number of halogens is 1. The maximum absolute atomic E-state index is 11.6. The van der Waals surface area contributed by atoms with Gasteiger partial charge in [0.1, 0.15) is 5.15 Å². The van der Waals surface area contributed by atoms with Gasteiger partial charge in [0, 0.05) is 13.5 Å². The summed E-state index contributed by atoms with van der Waals surface area (Å²) in [7, 11) is 1.63. The van der Waals surface area contributed by atoms with Crippen LogP contribution in [0.2, 0.25) is 5.15 Å². The molecule has 0 aromatic carbocycles. The molecule has 0 aliphatic heterocycles. The zero-order valence-corrected chi connectivity index (χ0v) is 11.0. The molecule has 0 saturated heterocycles. The highest BCUT2D eigenvalue weighted by Gasteiger charge is 2.07. The van der Waals surface area contributed by atoms with Crippen LogP contribution >= 0.6 is 11.6 Å². The zero-order chi connectivity index (χ0) is 12.8. The van der Waals surface area contributed by atoms with Gasteiger partial charge in [0.2, 0.25) is 5.91 Å². The van der Waals surface area contributed by atoms with Crippen LogP contribution < -0.4 is 5.32 Å². The Morgan fingerprint density at radius 2 is 2.35 bits per heavy atom. The summed E-state index contributed by atoms with van der Waals surface area (Å²) in [4.78, 5) is 15.6. The molecule has 94 valence electrons. The molecule has 0 aliphatic rings. The number of methoxy groups -OCH3 is 1. The van der Waals surface area contributed by atoms with Gasteiger partial charge in [-0.1, -0.05) is 11.6 Å². The molecule has 1 heterocycles. The van der Waals surface area contributed by atoms with E-state index in [0.29, 0.717) is 23.7 Å². The van der Waals surface area contributed by atoms with Gasteiger partial charge < -0.3 is 10.1 Å². The van der Waals surface area contributed by atoms with Crippen molar-refractivity contribution < 1.29 is 9.53 Å². The largest absolute Gasteiger partial charge is 0.382 e. The number of amides is 1. The van der Waals surface area contributed by atoms with Crippen molar-refractivity contribution in [2.24, 2.45) is 0 Å². The second-order valence-corrected chi connectivity index (χ2v) is 4.32. The van der Waals surface area contributed by atoms with Crippen LogP contribution in [-0.2, 0) is 9.53 Å². The number of rotatable bonds is 5. The van der Waals surface area contributed by atoms with Gasteiger partial charge in [0.15, 0.2) is 0 Å². The molecular formula is C12H17ClN2O2. The molecule has 1 amide bonds. The standard InChI is InChI=1S/C12H17ClN2O2/c1-8-6-10(7-14-12(8)13)15-11(16)5-4-9(2)17-3/h6-7,9H,4-5H2,1-3H3,(H,15,16). The summed E-state index contributed by atoms with van der Waals surface area (Å²) in [5.74, 6) is -0.0441. The van der Waals surface area contributed by atoms with Crippen molar-refractivity contribution >= 4 is 23.2 Å². The van der Waals surface area contributed by atoms with E-state index in [1.807, 2.05) is 13.8 Å². The Morgan fingerprint density at radius 1 is 1.65 bits per heavy atom. The summed E-state index contributed by atoms with van der Waals surface area (Å²) in [5, 5.41) is 3.23. The Bertz CT molecular complexity index is 396. The van der Waals surface area contributed by atoms with E-state index >= 15 is 0 Å². The minimum Gasteiger partial charge on any atom is -0.382 e.